The van der Waals surface area contributed by atoms with Gasteiger partial charge in [0.1, 0.15) is 12.0 Å². The van der Waals surface area contributed by atoms with Crippen molar-refractivity contribution in [2.24, 2.45) is 0 Å². The third kappa shape index (κ3) is 5.24. The maximum absolute atomic E-state index is 4.89. The van der Waals surface area contributed by atoms with Gasteiger partial charge in [-0.25, -0.2) is 20.5 Å². The highest BCUT2D eigenvalue weighted by atomic mass is 15.8. The monoisotopic (exact) mass is 453 g/mol. The minimum Gasteiger partial charge on any atom is -0.245 e. The van der Waals surface area contributed by atoms with Crippen molar-refractivity contribution in [3.05, 3.63) is 107 Å². The van der Waals surface area contributed by atoms with Crippen LogP contribution in [0.15, 0.2) is 78.9 Å². The van der Waals surface area contributed by atoms with E-state index in [1.165, 1.54) is 27.8 Å². The summed E-state index contributed by atoms with van der Waals surface area (Å²) in [5.41, 5.74) is 18.2. The van der Waals surface area contributed by atoms with Gasteiger partial charge in [0.05, 0.1) is 6.54 Å². The van der Waals surface area contributed by atoms with Gasteiger partial charge in [-0.2, -0.15) is 16.2 Å². The Balaban J connectivity index is 1.35. The minimum absolute atomic E-state index is 0.00446. The lowest BCUT2D eigenvalue weighted by Crippen LogP contribution is -2.33. The molecular weight excluding hydrogens is 422 g/mol. The molecule has 174 valence electrons. The first-order valence-electron chi connectivity index (χ1n) is 12.0. The summed E-state index contributed by atoms with van der Waals surface area (Å²) in [4.78, 5) is 4.89. The van der Waals surface area contributed by atoms with Gasteiger partial charge in [-0.05, 0) is 34.2 Å². The molecule has 0 aliphatic carbocycles. The number of hydrazine groups is 3. The number of rotatable bonds is 9. The van der Waals surface area contributed by atoms with E-state index < -0.39 is 0 Å². The molecule has 0 radical (unpaired) electrons. The molecule has 0 atom stereocenters. The average molecular weight is 454 g/mol. The predicted octanol–water partition coefficient (Wildman–Crippen LogP) is 4.04. The number of nitrogens with one attached hydrogen (secondary N) is 4. The third-order valence-corrected chi connectivity index (χ3v) is 6.12. The van der Waals surface area contributed by atoms with E-state index in [1.54, 1.807) is 0 Å². The summed E-state index contributed by atoms with van der Waals surface area (Å²) in [6.45, 7) is 2.94. The minimum atomic E-state index is -0.00446. The Morgan fingerprint density at radius 3 is 2.32 bits per heavy atom. The van der Waals surface area contributed by atoms with E-state index in [9.17, 15) is 0 Å². The van der Waals surface area contributed by atoms with Crippen molar-refractivity contribution in [3.8, 4) is 11.1 Å². The fourth-order valence-electron chi connectivity index (χ4n) is 4.31. The Labute approximate surface area is 200 Å². The average Bonchev–Trinajstić information content (AvgIpc) is 3.54. The Bertz CT molecular complexity index is 1200. The first-order valence-corrected chi connectivity index (χ1v) is 12.0. The van der Waals surface area contributed by atoms with Crippen LogP contribution in [0.5, 0.6) is 0 Å². The van der Waals surface area contributed by atoms with Gasteiger partial charge in [0.2, 0.25) is 0 Å². The third-order valence-electron chi connectivity index (χ3n) is 6.12. The lowest BCUT2D eigenvalue weighted by atomic mass is 9.97. The molecule has 4 N–H and O–H groups in total. The molecule has 1 fully saturated rings. The fourth-order valence-corrected chi connectivity index (χ4v) is 4.31. The maximum atomic E-state index is 4.89. The molecule has 0 amide bonds. The fraction of sp³-hybridized carbons (Fsp3) is 0.259. The molecule has 3 aromatic carbocycles. The summed E-state index contributed by atoms with van der Waals surface area (Å²) in [5, 5.41) is 4.88. The van der Waals surface area contributed by atoms with Crippen LogP contribution in [0.4, 0.5) is 0 Å². The second-order valence-corrected chi connectivity index (χ2v) is 8.62. The topological polar surface area (TPSA) is 78.8 Å². The van der Waals surface area contributed by atoms with Crippen LogP contribution in [0.25, 0.3) is 11.1 Å². The summed E-state index contributed by atoms with van der Waals surface area (Å²) >= 11 is 0. The highest BCUT2D eigenvalue weighted by molar-refractivity contribution is 5.68. The van der Waals surface area contributed by atoms with Gasteiger partial charge in [-0.3, -0.25) is 0 Å². The van der Waals surface area contributed by atoms with E-state index in [4.69, 9.17) is 10.1 Å². The molecule has 0 bridgehead atoms. The first-order chi connectivity index (χ1) is 16.8. The van der Waals surface area contributed by atoms with Gasteiger partial charge in [0, 0.05) is 12.8 Å². The zero-order valence-electron chi connectivity index (χ0n) is 19.5. The summed E-state index contributed by atoms with van der Waals surface area (Å²) in [6.07, 6.45) is 3.97. The van der Waals surface area contributed by atoms with Crippen LogP contribution < -0.4 is 21.9 Å². The maximum Gasteiger partial charge on any atom is 0.155 e. The van der Waals surface area contributed by atoms with E-state index >= 15 is 0 Å². The van der Waals surface area contributed by atoms with Gasteiger partial charge in [-0.15, -0.1) is 0 Å². The zero-order chi connectivity index (χ0) is 23.2. The molecule has 7 heteroatoms. The van der Waals surface area contributed by atoms with Gasteiger partial charge >= 0.3 is 0 Å². The molecule has 5 rings (SSSR count). The number of aryl methyl sites for hydroxylation is 1. The van der Waals surface area contributed by atoms with Crippen molar-refractivity contribution >= 4 is 0 Å². The quantitative estimate of drug-likeness (QED) is 0.306. The number of hydrogen-bond donors (Lipinski definition) is 4. The van der Waals surface area contributed by atoms with Crippen molar-refractivity contribution in [1.29, 1.82) is 0 Å². The largest absolute Gasteiger partial charge is 0.245 e. The molecule has 1 aliphatic rings. The predicted molar refractivity (Wildman–Crippen MR) is 134 cm³/mol. The van der Waals surface area contributed by atoms with Crippen LogP contribution in [0.1, 0.15) is 54.3 Å². The van der Waals surface area contributed by atoms with Crippen LogP contribution in [0.2, 0.25) is 0 Å². The lowest BCUT2D eigenvalue weighted by Gasteiger charge is -2.15. The van der Waals surface area contributed by atoms with Gasteiger partial charge in [0.15, 0.2) is 5.82 Å². The van der Waals surface area contributed by atoms with Crippen LogP contribution in [-0.2, 0) is 19.4 Å². The second kappa shape index (κ2) is 10.7. The van der Waals surface area contributed by atoms with Gasteiger partial charge in [0.25, 0.3) is 0 Å². The summed E-state index contributed by atoms with van der Waals surface area (Å²) in [6, 6.07) is 27.6. The molecule has 1 saturated heterocycles. The van der Waals surface area contributed by atoms with Gasteiger partial charge < -0.3 is 0 Å². The highest BCUT2D eigenvalue weighted by Gasteiger charge is 2.18. The van der Waals surface area contributed by atoms with E-state index in [0.29, 0.717) is 0 Å². The van der Waals surface area contributed by atoms with Crippen LogP contribution >= 0.6 is 0 Å². The van der Waals surface area contributed by atoms with Crippen molar-refractivity contribution in [1.82, 2.24) is 36.7 Å². The smallest absolute Gasteiger partial charge is 0.155 e. The summed E-state index contributed by atoms with van der Waals surface area (Å²) in [7, 11) is 0. The summed E-state index contributed by atoms with van der Waals surface area (Å²) < 4.78 is 2.08. The van der Waals surface area contributed by atoms with Crippen molar-refractivity contribution in [2.75, 3.05) is 0 Å². The van der Waals surface area contributed by atoms with Crippen LogP contribution in [0, 0.1) is 0 Å². The number of nitrogens with zero attached hydrogens (tertiary/aromatic N) is 3. The van der Waals surface area contributed by atoms with Crippen molar-refractivity contribution in [2.45, 2.75) is 45.3 Å². The van der Waals surface area contributed by atoms with E-state index in [1.807, 2.05) is 6.07 Å². The molecule has 0 saturated carbocycles. The molecule has 7 nitrogen and oxygen atoms in total. The normalized spacial score (nSPS) is 14.0. The first kappa shape index (κ1) is 22.4. The number of hydrogen-bond acceptors (Lipinski definition) is 6. The molecule has 1 aliphatic heterocycles. The Kier molecular flexibility index (Phi) is 7.07. The van der Waals surface area contributed by atoms with E-state index in [2.05, 4.69) is 106 Å². The Morgan fingerprint density at radius 2 is 1.56 bits per heavy atom. The molecule has 1 aromatic heterocycles. The van der Waals surface area contributed by atoms with Crippen LogP contribution in [0.3, 0.4) is 0 Å². The van der Waals surface area contributed by atoms with Gasteiger partial charge in [-0.1, -0.05) is 92.2 Å². The SMILES string of the molecule is CCCCc1nc(Cc2ccccc2)nn1Cc1ccc(-c2ccccc2C2NNNN2)cc1. The standard InChI is InChI=1S/C27H31N7/c1-2-3-13-26-28-25(18-20-9-5-4-6-10-20)31-34(26)19-21-14-16-22(17-15-21)23-11-7-8-12-24(23)27-29-32-33-30-27/h4-12,14-17,27,29-30,32-33H,2-3,13,18-19H2,1H3. The van der Waals surface area contributed by atoms with Crippen molar-refractivity contribution in [3.63, 3.8) is 0 Å². The van der Waals surface area contributed by atoms with Crippen molar-refractivity contribution < 1.29 is 0 Å². The Hall–Kier alpha value is -3.36. The number of benzene rings is 3. The number of unbranched alkanes of at least 4 members (excludes halogenated alkanes) is 1. The molecule has 34 heavy (non-hydrogen) atoms. The molecule has 0 spiro atoms. The lowest BCUT2D eigenvalue weighted by molar-refractivity contribution is 0.556. The Morgan fingerprint density at radius 1 is 0.824 bits per heavy atom. The molecule has 2 heterocycles. The summed E-state index contributed by atoms with van der Waals surface area (Å²) in [5.74, 6) is 1.96. The molecular formula is C27H31N7. The second-order valence-electron chi connectivity index (χ2n) is 8.62. The van der Waals surface area contributed by atoms with E-state index in [-0.39, 0.29) is 6.17 Å². The molecule has 0 unspecified atom stereocenters. The van der Waals surface area contributed by atoms with E-state index in [0.717, 1.165) is 43.9 Å². The number of aromatic nitrogens is 3. The van der Waals surface area contributed by atoms with Crippen LogP contribution in [-0.4, -0.2) is 14.8 Å². The zero-order valence-corrected chi connectivity index (χ0v) is 19.5. The molecule has 4 aromatic rings. The highest BCUT2D eigenvalue weighted by Crippen LogP contribution is 2.28.